The number of hydrogen-bond donors (Lipinski definition) is 0. The molecule has 4 heteroatoms. The number of halogens is 1. The van der Waals surface area contributed by atoms with Crippen molar-refractivity contribution in [3.8, 4) is 0 Å². The predicted molar refractivity (Wildman–Crippen MR) is 99.0 cm³/mol. The third-order valence-corrected chi connectivity index (χ3v) is 5.24. The third kappa shape index (κ3) is 4.23. The Morgan fingerprint density at radius 1 is 1.00 bits per heavy atom. The second kappa shape index (κ2) is 7.63. The van der Waals surface area contributed by atoms with Crippen molar-refractivity contribution in [2.24, 2.45) is 4.99 Å². The Hall–Kier alpha value is -1.55. The minimum atomic E-state index is 0.773. The monoisotopic (exact) mass is 343 g/mol. The lowest BCUT2D eigenvalue weighted by Gasteiger charge is -2.05. The minimum Gasteiger partial charge on any atom is -0.254 e. The Labute approximate surface area is 143 Å². The maximum absolute atomic E-state index is 5.92. The summed E-state index contributed by atoms with van der Waals surface area (Å²) in [5.41, 5.74) is 2.27. The quantitative estimate of drug-likeness (QED) is 0.383. The molecule has 0 saturated carbocycles. The Morgan fingerprint density at radius 2 is 1.82 bits per heavy atom. The SMILES string of the molecule is Clc1ccc(CSc2ccccc2N=Cc2cccs2)cc1. The highest BCUT2D eigenvalue weighted by Crippen LogP contribution is 2.32. The largest absolute Gasteiger partial charge is 0.254 e. The molecule has 1 nitrogen and oxygen atoms in total. The molecule has 110 valence electrons. The summed E-state index contributed by atoms with van der Waals surface area (Å²) in [6.45, 7) is 0. The Balaban J connectivity index is 1.72. The molecule has 0 spiro atoms. The van der Waals surface area contributed by atoms with Crippen LogP contribution in [0.3, 0.4) is 0 Å². The molecule has 0 N–H and O–H groups in total. The van der Waals surface area contributed by atoms with Gasteiger partial charge in [-0.3, -0.25) is 4.99 Å². The molecule has 0 aliphatic heterocycles. The fraction of sp³-hybridized carbons (Fsp3) is 0.0556. The normalized spacial score (nSPS) is 11.1. The third-order valence-electron chi connectivity index (χ3n) is 3.05. The van der Waals surface area contributed by atoms with E-state index in [1.54, 1.807) is 23.1 Å². The molecule has 0 aliphatic rings. The highest BCUT2D eigenvalue weighted by molar-refractivity contribution is 7.98. The van der Waals surface area contributed by atoms with Gasteiger partial charge in [-0.1, -0.05) is 41.9 Å². The van der Waals surface area contributed by atoms with Gasteiger partial charge in [-0.15, -0.1) is 23.1 Å². The van der Waals surface area contributed by atoms with Gasteiger partial charge in [-0.05, 0) is 41.3 Å². The van der Waals surface area contributed by atoms with Gasteiger partial charge >= 0.3 is 0 Å². The predicted octanol–water partition coefficient (Wildman–Crippen LogP) is 6.44. The minimum absolute atomic E-state index is 0.773. The lowest BCUT2D eigenvalue weighted by atomic mass is 10.2. The summed E-state index contributed by atoms with van der Waals surface area (Å²) in [6, 6.07) is 20.3. The van der Waals surface area contributed by atoms with Crippen LogP contribution in [0.25, 0.3) is 0 Å². The molecular formula is C18H14ClNS2. The van der Waals surface area contributed by atoms with Crippen LogP contribution in [0.5, 0.6) is 0 Å². The van der Waals surface area contributed by atoms with Gasteiger partial charge in [0, 0.05) is 26.8 Å². The Morgan fingerprint density at radius 3 is 2.59 bits per heavy atom. The van der Waals surface area contributed by atoms with Gasteiger partial charge in [0.15, 0.2) is 0 Å². The highest BCUT2D eigenvalue weighted by atomic mass is 35.5. The summed E-state index contributed by atoms with van der Waals surface area (Å²) in [5, 5.41) is 2.83. The van der Waals surface area contributed by atoms with E-state index in [1.165, 1.54) is 10.5 Å². The maximum atomic E-state index is 5.92. The number of thiophene rings is 1. The molecule has 0 atom stereocenters. The second-order valence-corrected chi connectivity index (χ2v) is 7.09. The number of aliphatic imine (C=N–C) groups is 1. The van der Waals surface area contributed by atoms with E-state index < -0.39 is 0 Å². The lowest BCUT2D eigenvalue weighted by Crippen LogP contribution is -1.81. The van der Waals surface area contributed by atoms with E-state index in [4.69, 9.17) is 11.6 Å². The number of para-hydroxylation sites is 1. The summed E-state index contributed by atoms with van der Waals surface area (Å²) in [4.78, 5) is 6.97. The zero-order valence-electron chi connectivity index (χ0n) is 11.8. The van der Waals surface area contributed by atoms with Gasteiger partial charge in [0.25, 0.3) is 0 Å². The molecule has 22 heavy (non-hydrogen) atoms. The average molecular weight is 344 g/mol. The molecular weight excluding hydrogens is 330 g/mol. The summed E-state index contributed by atoms with van der Waals surface area (Å²) in [6.07, 6.45) is 1.92. The van der Waals surface area contributed by atoms with Crippen molar-refractivity contribution in [3.05, 3.63) is 81.5 Å². The Bertz CT molecular complexity index is 749. The van der Waals surface area contributed by atoms with Crippen LogP contribution in [-0.4, -0.2) is 6.21 Å². The zero-order valence-corrected chi connectivity index (χ0v) is 14.2. The van der Waals surface area contributed by atoms with Crippen LogP contribution in [0.4, 0.5) is 5.69 Å². The molecule has 0 saturated heterocycles. The molecule has 3 aromatic rings. The first-order valence-corrected chi connectivity index (χ1v) is 9.09. The first-order valence-electron chi connectivity index (χ1n) is 6.85. The van der Waals surface area contributed by atoms with E-state index >= 15 is 0 Å². The van der Waals surface area contributed by atoms with Crippen LogP contribution in [0, 0.1) is 0 Å². The molecule has 0 bridgehead atoms. The van der Waals surface area contributed by atoms with Gasteiger partial charge in [-0.2, -0.15) is 0 Å². The number of benzene rings is 2. The number of hydrogen-bond acceptors (Lipinski definition) is 3. The van der Waals surface area contributed by atoms with Gasteiger partial charge in [0.1, 0.15) is 0 Å². The van der Waals surface area contributed by atoms with Crippen molar-refractivity contribution in [2.45, 2.75) is 10.6 Å². The van der Waals surface area contributed by atoms with Crippen LogP contribution in [0.2, 0.25) is 5.02 Å². The number of nitrogens with zero attached hydrogens (tertiary/aromatic N) is 1. The van der Waals surface area contributed by atoms with Gasteiger partial charge in [0.2, 0.25) is 0 Å². The molecule has 3 rings (SSSR count). The van der Waals surface area contributed by atoms with E-state index in [9.17, 15) is 0 Å². The molecule has 0 unspecified atom stereocenters. The first-order chi connectivity index (χ1) is 10.8. The van der Waals surface area contributed by atoms with Gasteiger partial charge in [-0.25, -0.2) is 0 Å². The molecule has 0 amide bonds. The smallest absolute Gasteiger partial charge is 0.0766 e. The summed E-state index contributed by atoms with van der Waals surface area (Å²) >= 11 is 9.40. The van der Waals surface area contributed by atoms with Crippen LogP contribution in [0.15, 0.2) is 75.9 Å². The van der Waals surface area contributed by atoms with E-state index in [-0.39, 0.29) is 0 Å². The zero-order chi connectivity index (χ0) is 15.2. The van der Waals surface area contributed by atoms with Gasteiger partial charge in [0.05, 0.1) is 5.69 Å². The molecule has 0 aliphatic carbocycles. The summed E-state index contributed by atoms with van der Waals surface area (Å²) in [7, 11) is 0. The standard InChI is InChI=1S/C18H14ClNS2/c19-15-9-7-14(8-10-15)13-22-18-6-2-1-5-17(18)20-12-16-4-3-11-21-16/h1-12H,13H2. The number of thioether (sulfide) groups is 1. The van der Waals surface area contributed by atoms with Crippen molar-refractivity contribution in [3.63, 3.8) is 0 Å². The fourth-order valence-corrected chi connectivity index (χ4v) is 3.59. The van der Waals surface area contributed by atoms with E-state index in [1.807, 2.05) is 42.6 Å². The van der Waals surface area contributed by atoms with E-state index in [0.29, 0.717) is 0 Å². The van der Waals surface area contributed by atoms with E-state index in [0.717, 1.165) is 21.3 Å². The van der Waals surface area contributed by atoms with E-state index in [2.05, 4.69) is 34.6 Å². The lowest BCUT2D eigenvalue weighted by molar-refractivity contribution is 1.35. The van der Waals surface area contributed by atoms with Crippen molar-refractivity contribution in [1.82, 2.24) is 0 Å². The van der Waals surface area contributed by atoms with Crippen LogP contribution >= 0.6 is 34.7 Å². The summed E-state index contributed by atoms with van der Waals surface area (Å²) < 4.78 is 0. The second-order valence-electron chi connectivity index (χ2n) is 4.66. The Kier molecular flexibility index (Phi) is 5.33. The number of rotatable bonds is 5. The van der Waals surface area contributed by atoms with Gasteiger partial charge < -0.3 is 0 Å². The summed E-state index contributed by atoms with van der Waals surface area (Å²) in [5.74, 6) is 0.905. The van der Waals surface area contributed by atoms with Crippen LogP contribution < -0.4 is 0 Å². The molecule has 2 aromatic carbocycles. The fourth-order valence-electron chi connectivity index (χ4n) is 1.93. The topological polar surface area (TPSA) is 12.4 Å². The van der Waals surface area contributed by atoms with Crippen molar-refractivity contribution in [1.29, 1.82) is 0 Å². The average Bonchev–Trinajstić information content (AvgIpc) is 3.07. The molecule has 1 heterocycles. The molecule has 1 aromatic heterocycles. The highest BCUT2D eigenvalue weighted by Gasteiger charge is 2.02. The van der Waals surface area contributed by atoms with Crippen molar-refractivity contribution < 1.29 is 0 Å². The van der Waals surface area contributed by atoms with Crippen molar-refractivity contribution in [2.75, 3.05) is 0 Å². The maximum Gasteiger partial charge on any atom is 0.0766 e. The first kappa shape index (κ1) is 15.3. The van der Waals surface area contributed by atoms with Crippen LogP contribution in [-0.2, 0) is 5.75 Å². The van der Waals surface area contributed by atoms with Crippen LogP contribution in [0.1, 0.15) is 10.4 Å². The molecule has 0 fully saturated rings. The van der Waals surface area contributed by atoms with Crippen molar-refractivity contribution >= 4 is 46.6 Å². The molecule has 0 radical (unpaired) electrons.